The quantitative estimate of drug-likeness (QED) is 0.427. The normalized spacial score (nSPS) is 64.8. The molecule has 0 unspecified atom stereocenters. The third kappa shape index (κ3) is 0.875. The first kappa shape index (κ1) is 11.7. The van der Waals surface area contributed by atoms with Crippen molar-refractivity contribution in [3.8, 4) is 0 Å². The highest BCUT2D eigenvalue weighted by atomic mass is 16.7. The van der Waals surface area contributed by atoms with Gasteiger partial charge < -0.3 is 19.3 Å². The summed E-state index contributed by atoms with van der Waals surface area (Å²) in [5.74, 6) is -0.983. The van der Waals surface area contributed by atoms with Crippen LogP contribution in [-0.2, 0) is 19.0 Å². The highest BCUT2D eigenvalue weighted by Gasteiger charge is 2.92. The molecule has 3 heterocycles. The minimum absolute atomic E-state index is 0.0598. The van der Waals surface area contributed by atoms with Gasteiger partial charge in [-0.3, -0.25) is 4.79 Å². The Morgan fingerprint density at radius 2 is 2.15 bits per heavy atom. The van der Waals surface area contributed by atoms with Crippen LogP contribution in [0.25, 0.3) is 0 Å². The lowest BCUT2D eigenvalue weighted by Crippen LogP contribution is -2.64. The Kier molecular flexibility index (Phi) is 1.67. The van der Waals surface area contributed by atoms with E-state index >= 15 is 0 Å². The SMILES string of the molecule is C=C(C)[C@H]1[C@H]2C(=O)O[C@@H]1C[C@]1(C)[C@@]2(O)[C@H]2O[C@H]2[C@]12CO2. The zero-order chi connectivity index (χ0) is 14.1. The summed E-state index contributed by atoms with van der Waals surface area (Å²) in [5.41, 5.74) is -1.17. The van der Waals surface area contributed by atoms with E-state index in [9.17, 15) is 9.90 Å². The van der Waals surface area contributed by atoms with Crippen LogP contribution in [0.2, 0.25) is 0 Å². The Labute approximate surface area is 116 Å². The van der Waals surface area contributed by atoms with Crippen LogP contribution in [-0.4, -0.2) is 47.2 Å². The number of hydrogen-bond acceptors (Lipinski definition) is 5. The molecule has 1 spiro atoms. The van der Waals surface area contributed by atoms with Crippen molar-refractivity contribution >= 4 is 5.97 Å². The molecule has 2 aliphatic carbocycles. The average Bonchev–Trinajstić information content (AvgIpc) is 3.20. The van der Waals surface area contributed by atoms with Crippen LogP contribution in [0.1, 0.15) is 20.3 Å². The lowest BCUT2D eigenvalue weighted by atomic mass is 9.54. The van der Waals surface area contributed by atoms with Gasteiger partial charge in [0.25, 0.3) is 0 Å². The van der Waals surface area contributed by atoms with Gasteiger partial charge in [-0.2, -0.15) is 0 Å². The van der Waals surface area contributed by atoms with E-state index in [0.717, 1.165) is 5.57 Å². The summed E-state index contributed by atoms with van der Waals surface area (Å²) >= 11 is 0. The van der Waals surface area contributed by atoms with Gasteiger partial charge in [0.1, 0.15) is 29.5 Å². The third-order valence-electron chi connectivity index (χ3n) is 6.59. The van der Waals surface area contributed by atoms with Gasteiger partial charge in [-0.05, 0) is 13.3 Å². The highest BCUT2D eigenvalue weighted by molar-refractivity contribution is 5.79. The molecule has 3 aliphatic heterocycles. The number of epoxide rings is 2. The maximum atomic E-state index is 12.3. The van der Waals surface area contributed by atoms with Gasteiger partial charge in [-0.15, -0.1) is 0 Å². The molecule has 0 aromatic carbocycles. The van der Waals surface area contributed by atoms with Crippen molar-refractivity contribution in [2.45, 2.75) is 49.8 Å². The molecule has 20 heavy (non-hydrogen) atoms. The second kappa shape index (κ2) is 2.85. The zero-order valence-electron chi connectivity index (χ0n) is 11.6. The molecule has 1 N–H and O–H groups in total. The molecule has 3 saturated heterocycles. The number of carbonyl (C=O) groups excluding carboxylic acids is 1. The second-order valence-corrected chi connectivity index (χ2v) is 7.34. The summed E-state index contributed by atoms with van der Waals surface area (Å²) in [5, 5.41) is 11.5. The smallest absolute Gasteiger partial charge is 0.313 e. The van der Waals surface area contributed by atoms with E-state index in [2.05, 4.69) is 6.58 Å². The van der Waals surface area contributed by atoms with Crippen molar-refractivity contribution in [3.05, 3.63) is 12.2 Å². The van der Waals surface area contributed by atoms with Crippen molar-refractivity contribution in [2.75, 3.05) is 6.61 Å². The maximum Gasteiger partial charge on any atom is 0.313 e. The summed E-state index contributed by atoms with van der Waals surface area (Å²) in [6, 6.07) is 0. The fraction of sp³-hybridized carbons (Fsp3) is 0.800. The van der Waals surface area contributed by atoms with Crippen LogP contribution in [0.15, 0.2) is 12.2 Å². The van der Waals surface area contributed by atoms with Gasteiger partial charge in [0, 0.05) is 11.3 Å². The summed E-state index contributed by atoms with van der Waals surface area (Å²) < 4.78 is 17.0. The number of hydrogen-bond donors (Lipinski definition) is 1. The summed E-state index contributed by atoms with van der Waals surface area (Å²) in [4.78, 5) is 12.3. The molecular weight excluding hydrogens is 260 g/mol. The van der Waals surface area contributed by atoms with E-state index in [-0.39, 0.29) is 30.2 Å². The van der Waals surface area contributed by atoms with E-state index < -0.39 is 22.5 Å². The fourth-order valence-electron chi connectivity index (χ4n) is 5.47. The molecule has 0 amide bonds. The topological polar surface area (TPSA) is 71.6 Å². The van der Waals surface area contributed by atoms with Crippen molar-refractivity contribution in [2.24, 2.45) is 17.3 Å². The molecule has 5 heteroatoms. The highest BCUT2D eigenvalue weighted by Crippen LogP contribution is 2.76. The molecule has 5 rings (SSSR count). The van der Waals surface area contributed by atoms with Crippen LogP contribution in [0, 0.1) is 17.3 Å². The lowest BCUT2D eigenvalue weighted by Gasteiger charge is -2.51. The van der Waals surface area contributed by atoms with Gasteiger partial charge in [0.2, 0.25) is 0 Å². The standard InChI is InChI=1S/C15H18O5/c1-6(2)8-7-4-13(3)14(5-18-14)10-11(20-10)15(13,17)9(8)12(16)19-7/h7-11,17H,1,4-5H2,2-3H3/t7-,8-,9+,10-,11+,13+,14-,15+/m1/s1. The Bertz CT molecular complexity index is 567. The predicted molar refractivity (Wildman–Crippen MR) is 66.7 cm³/mol. The van der Waals surface area contributed by atoms with Gasteiger partial charge in [-0.1, -0.05) is 19.1 Å². The first-order valence-electron chi connectivity index (χ1n) is 7.24. The molecular formula is C15H18O5. The summed E-state index contributed by atoms with van der Waals surface area (Å²) in [6.07, 6.45) is 0.0809. The third-order valence-corrected chi connectivity index (χ3v) is 6.59. The number of carbonyl (C=O) groups is 1. The first-order chi connectivity index (χ1) is 9.37. The minimum atomic E-state index is -1.19. The number of aliphatic hydroxyl groups is 1. The molecule has 8 atom stereocenters. The molecule has 2 bridgehead atoms. The lowest BCUT2D eigenvalue weighted by molar-refractivity contribution is -0.185. The monoisotopic (exact) mass is 278 g/mol. The maximum absolute atomic E-state index is 12.3. The number of fused-ring (bicyclic) bond motifs is 8. The van der Waals surface area contributed by atoms with Crippen molar-refractivity contribution in [1.82, 2.24) is 0 Å². The molecule has 5 fully saturated rings. The predicted octanol–water partition coefficient (Wildman–Crippen LogP) is 0.411. The van der Waals surface area contributed by atoms with E-state index in [1.54, 1.807) is 0 Å². The molecule has 108 valence electrons. The summed E-state index contributed by atoms with van der Waals surface area (Å²) in [6.45, 7) is 8.55. The fourth-order valence-corrected chi connectivity index (χ4v) is 5.47. The van der Waals surface area contributed by atoms with E-state index in [1.165, 1.54) is 0 Å². The Hall–Kier alpha value is -0.910. The van der Waals surface area contributed by atoms with Crippen LogP contribution < -0.4 is 0 Å². The van der Waals surface area contributed by atoms with Gasteiger partial charge in [0.15, 0.2) is 0 Å². The minimum Gasteiger partial charge on any atom is -0.461 e. The summed E-state index contributed by atoms with van der Waals surface area (Å²) in [7, 11) is 0. The van der Waals surface area contributed by atoms with Crippen molar-refractivity contribution < 1.29 is 24.1 Å². The van der Waals surface area contributed by atoms with E-state index in [0.29, 0.717) is 13.0 Å². The molecule has 5 aliphatic rings. The van der Waals surface area contributed by atoms with Gasteiger partial charge >= 0.3 is 5.97 Å². The number of rotatable bonds is 1. The molecule has 2 saturated carbocycles. The Morgan fingerprint density at radius 1 is 1.45 bits per heavy atom. The first-order valence-corrected chi connectivity index (χ1v) is 7.24. The zero-order valence-corrected chi connectivity index (χ0v) is 11.6. The van der Waals surface area contributed by atoms with Crippen LogP contribution >= 0.6 is 0 Å². The van der Waals surface area contributed by atoms with Gasteiger partial charge in [0.05, 0.1) is 12.5 Å². The number of esters is 1. The number of ether oxygens (including phenoxy) is 3. The molecule has 5 nitrogen and oxygen atoms in total. The largest absolute Gasteiger partial charge is 0.461 e. The van der Waals surface area contributed by atoms with Crippen molar-refractivity contribution in [1.29, 1.82) is 0 Å². The van der Waals surface area contributed by atoms with Crippen LogP contribution in [0.3, 0.4) is 0 Å². The molecule has 0 aromatic rings. The average molecular weight is 278 g/mol. The van der Waals surface area contributed by atoms with E-state index in [1.807, 2.05) is 13.8 Å². The Balaban J connectivity index is 1.72. The van der Waals surface area contributed by atoms with Gasteiger partial charge in [-0.25, -0.2) is 0 Å². The van der Waals surface area contributed by atoms with Crippen LogP contribution in [0.4, 0.5) is 0 Å². The molecule has 0 aromatic heterocycles. The Morgan fingerprint density at radius 3 is 2.75 bits per heavy atom. The van der Waals surface area contributed by atoms with Crippen LogP contribution in [0.5, 0.6) is 0 Å². The van der Waals surface area contributed by atoms with Crippen molar-refractivity contribution in [3.63, 3.8) is 0 Å². The second-order valence-electron chi connectivity index (χ2n) is 7.34. The molecule has 0 radical (unpaired) electrons. The van der Waals surface area contributed by atoms with E-state index in [4.69, 9.17) is 14.2 Å².